The Morgan fingerprint density at radius 1 is 1.34 bits per heavy atom. The number of ether oxygens (including phenoxy) is 1. The van der Waals surface area contributed by atoms with E-state index in [9.17, 15) is 9.59 Å². The quantitative estimate of drug-likeness (QED) is 0.348. The van der Waals surface area contributed by atoms with E-state index in [2.05, 4.69) is 12.2 Å². The monoisotopic (exact) mass is 437 g/mol. The maximum atomic E-state index is 13.4. The van der Waals surface area contributed by atoms with E-state index in [1.54, 1.807) is 23.0 Å². The molecule has 0 saturated carbocycles. The molecule has 0 spiro atoms. The van der Waals surface area contributed by atoms with Gasteiger partial charge < -0.3 is 10.1 Å². The van der Waals surface area contributed by atoms with Crippen molar-refractivity contribution >= 4 is 39.2 Å². The van der Waals surface area contributed by atoms with Crippen LogP contribution in [0, 0.1) is 0 Å². The molecular weight excluding hydrogens is 406 g/mol. The number of nitrogens with zero attached hydrogens (tertiary/aromatic N) is 2. The Morgan fingerprint density at radius 3 is 2.90 bits per heavy atom. The normalized spacial score (nSPS) is 14.7. The zero-order chi connectivity index (χ0) is 20.8. The predicted octanol–water partition coefficient (Wildman–Crippen LogP) is 3.77. The molecule has 6 nitrogen and oxygen atoms in total. The second-order valence-corrected chi connectivity index (χ2v) is 9.69. The second kappa shape index (κ2) is 10.6. The summed E-state index contributed by atoms with van der Waals surface area (Å²) in [6.07, 6.45) is 7.48. The van der Waals surface area contributed by atoms with Crippen LogP contribution in [-0.4, -0.2) is 41.0 Å². The van der Waals surface area contributed by atoms with Crippen molar-refractivity contribution in [2.45, 2.75) is 76.5 Å². The number of hydrogen-bond acceptors (Lipinski definition) is 6. The highest BCUT2D eigenvalue weighted by molar-refractivity contribution is 7.99. The summed E-state index contributed by atoms with van der Waals surface area (Å²) in [5.74, 6) is 0.171. The largest absolute Gasteiger partial charge is 0.383 e. The number of carbonyl (C=O) groups excluding carboxylic acids is 1. The van der Waals surface area contributed by atoms with Gasteiger partial charge in [-0.1, -0.05) is 31.5 Å². The van der Waals surface area contributed by atoms with Gasteiger partial charge in [0.25, 0.3) is 5.56 Å². The third-order valence-corrected chi connectivity index (χ3v) is 7.34. The summed E-state index contributed by atoms with van der Waals surface area (Å²) < 4.78 is 6.87. The van der Waals surface area contributed by atoms with Crippen LogP contribution in [0.15, 0.2) is 9.95 Å². The number of aryl methyl sites for hydroxylation is 2. The number of rotatable bonds is 10. The fraction of sp³-hybridized carbons (Fsp3) is 0.667. The number of nitrogens with one attached hydrogen (secondary N) is 1. The molecule has 0 aliphatic heterocycles. The van der Waals surface area contributed by atoms with Gasteiger partial charge in [0.2, 0.25) is 5.91 Å². The van der Waals surface area contributed by atoms with Crippen LogP contribution >= 0.6 is 23.1 Å². The molecule has 1 amide bonds. The van der Waals surface area contributed by atoms with E-state index in [1.165, 1.54) is 28.6 Å². The van der Waals surface area contributed by atoms with Crippen LogP contribution in [0.4, 0.5) is 0 Å². The van der Waals surface area contributed by atoms with Gasteiger partial charge in [-0.25, -0.2) is 4.98 Å². The molecule has 2 aromatic heterocycles. The molecular formula is C21H31N3O3S2. The molecule has 2 heterocycles. The highest BCUT2D eigenvalue weighted by Gasteiger charge is 2.22. The lowest BCUT2D eigenvalue weighted by molar-refractivity contribution is -0.119. The molecule has 160 valence electrons. The van der Waals surface area contributed by atoms with Gasteiger partial charge in [-0.3, -0.25) is 14.2 Å². The molecule has 1 N–H and O–H groups in total. The molecule has 3 rings (SSSR count). The second-order valence-electron chi connectivity index (χ2n) is 7.66. The van der Waals surface area contributed by atoms with Crippen molar-refractivity contribution in [2.24, 2.45) is 0 Å². The topological polar surface area (TPSA) is 73.2 Å². The SMILES string of the molecule is CCCCCn1c(SCC(=O)NC(C)COC)nc2sc3c(c2c1=O)CCCC3. The standard InChI is InChI=1S/C21H31N3O3S2/c1-4-5-8-11-24-20(26)18-15-9-6-7-10-16(15)29-19(18)23-21(24)28-13-17(25)22-14(2)12-27-3/h14H,4-13H2,1-3H3,(H,22,25). The number of aromatic nitrogens is 2. The minimum atomic E-state index is -0.0699. The Labute approximate surface area is 180 Å². The smallest absolute Gasteiger partial charge is 0.263 e. The van der Waals surface area contributed by atoms with Crippen LogP contribution in [-0.2, 0) is 28.9 Å². The maximum absolute atomic E-state index is 13.4. The van der Waals surface area contributed by atoms with Crippen LogP contribution in [0.1, 0.15) is 56.4 Å². The molecule has 8 heteroatoms. The molecule has 0 aromatic carbocycles. The van der Waals surface area contributed by atoms with Gasteiger partial charge in [-0.15, -0.1) is 11.3 Å². The number of fused-ring (bicyclic) bond motifs is 3. The number of carbonyl (C=O) groups is 1. The minimum Gasteiger partial charge on any atom is -0.383 e. The van der Waals surface area contributed by atoms with Crippen molar-refractivity contribution < 1.29 is 9.53 Å². The number of hydrogen-bond donors (Lipinski definition) is 1. The van der Waals surface area contributed by atoms with Crippen molar-refractivity contribution in [3.8, 4) is 0 Å². The molecule has 0 radical (unpaired) electrons. The van der Waals surface area contributed by atoms with Gasteiger partial charge in [0.15, 0.2) is 5.16 Å². The molecule has 0 saturated heterocycles. The average Bonchev–Trinajstić information content (AvgIpc) is 3.07. The zero-order valence-corrected chi connectivity index (χ0v) is 19.2. The van der Waals surface area contributed by atoms with Crippen molar-refractivity contribution in [1.29, 1.82) is 0 Å². The Bertz CT molecular complexity index is 907. The lowest BCUT2D eigenvalue weighted by Gasteiger charge is -2.15. The first kappa shape index (κ1) is 22.3. The van der Waals surface area contributed by atoms with Crippen LogP contribution in [0.3, 0.4) is 0 Å². The summed E-state index contributed by atoms with van der Waals surface area (Å²) in [5.41, 5.74) is 1.29. The lowest BCUT2D eigenvalue weighted by Crippen LogP contribution is -2.36. The summed E-state index contributed by atoms with van der Waals surface area (Å²) in [5, 5.41) is 4.40. The van der Waals surface area contributed by atoms with Crippen molar-refractivity contribution in [1.82, 2.24) is 14.9 Å². The molecule has 0 bridgehead atoms. The fourth-order valence-electron chi connectivity index (χ4n) is 3.79. The Hall–Kier alpha value is -1.38. The molecule has 1 aliphatic carbocycles. The van der Waals surface area contributed by atoms with Crippen molar-refractivity contribution in [2.75, 3.05) is 19.5 Å². The minimum absolute atomic E-state index is 0.0423. The van der Waals surface area contributed by atoms with Crippen molar-refractivity contribution in [3.05, 3.63) is 20.8 Å². The number of thiophene rings is 1. The third kappa shape index (κ3) is 5.41. The molecule has 2 aromatic rings. The first-order chi connectivity index (χ1) is 14.0. The van der Waals surface area contributed by atoms with Crippen LogP contribution in [0.25, 0.3) is 10.2 Å². The summed E-state index contributed by atoms with van der Waals surface area (Å²) in [7, 11) is 1.62. The summed E-state index contributed by atoms with van der Waals surface area (Å²) >= 11 is 3.02. The molecule has 1 aliphatic rings. The zero-order valence-electron chi connectivity index (χ0n) is 17.6. The fourth-order valence-corrected chi connectivity index (χ4v) is 5.92. The van der Waals surface area contributed by atoms with Gasteiger partial charge >= 0.3 is 0 Å². The average molecular weight is 438 g/mol. The van der Waals surface area contributed by atoms with E-state index in [0.29, 0.717) is 18.3 Å². The summed E-state index contributed by atoms with van der Waals surface area (Å²) in [4.78, 5) is 32.7. The maximum Gasteiger partial charge on any atom is 0.263 e. The van der Waals surface area contributed by atoms with Gasteiger partial charge in [0.05, 0.1) is 17.7 Å². The number of methoxy groups -OCH3 is 1. The molecule has 1 atom stereocenters. The first-order valence-corrected chi connectivity index (χ1v) is 12.3. The van der Waals surface area contributed by atoms with E-state index in [1.807, 2.05) is 6.92 Å². The third-order valence-electron chi connectivity index (χ3n) is 5.18. The van der Waals surface area contributed by atoms with Gasteiger partial charge in [0, 0.05) is 24.6 Å². The van der Waals surface area contributed by atoms with E-state index in [4.69, 9.17) is 9.72 Å². The van der Waals surface area contributed by atoms with Gasteiger partial charge in [0.1, 0.15) is 4.83 Å². The van der Waals surface area contributed by atoms with E-state index in [0.717, 1.165) is 48.7 Å². The Balaban J connectivity index is 1.87. The highest BCUT2D eigenvalue weighted by atomic mass is 32.2. The first-order valence-electron chi connectivity index (χ1n) is 10.5. The van der Waals surface area contributed by atoms with Crippen LogP contribution < -0.4 is 10.9 Å². The van der Waals surface area contributed by atoms with E-state index >= 15 is 0 Å². The predicted molar refractivity (Wildman–Crippen MR) is 120 cm³/mol. The summed E-state index contributed by atoms with van der Waals surface area (Å²) in [6.45, 7) is 5.20. The molecule has 29 heavy (non-hydrogen) atoms. The van der Waals surface area contributed by atoms with Crippen molar-refractivity contribution in [3.63, 3.8) is 0 Å². The Kier molecular flexibility index (Phi) is 8.15. The van der Waals surface area contributed by atoms with Gasteiger partial charge in [-0.2, -0.15) is 0 Å². The number of amides is 1. The lowest BCUT2D eigenvalue weighted by atomic mass is 9.97. The molecule has 1 unspecified atom stereocenters. The number of unbranched alkanes of at least 4 members (excludes halogenated alkanes) is 2. The van der Waals surface area contributed by atoms with Crippen LogP contribution in [0.2, 0.25) is 0 Å². The van der Waals surface area contributed by atoms with Crippen LogP contribution in [0.5, 0.6) is 0 Å². The van der Waals surface area contributed by atoms with E-state index < -0.39 is 0 Å². The highest BCUT2D eigenvalue weighted by Crippen LogP contribution is 2.34. The molecule has 0 fully saturated rings. The Morgan fingerprint density at radius 2 is 2.14 bits per heavy atom. The summed E-state index contributed by atoms with van der Waals surface area (Å²) in [6, 6.07) is -0.0423. The van der Waals surface area contributed by atoms with Gasteiger partial charge in [-0.05, 0) is 44.6 Å². The number of thioether (sulfide) groups is 1. The van der Waals surface area contributed by atoms with E-state index in [-0.39, 0.29) is 23.3 Å².